The van der Waals surface area contributed by atoms with Gasteiger partial charge in [-0.2, -0.15) is 0 Å². The third kappa shape index (κ3) is 4.56. The fourth-order valence-corrected chi connectivity index (χ4v) is 4.01. The maximum atomic E-state index is 12.8. The maximum absolute atomic E-state index is 12.8. The second kappa shape index (κ2) is 8.81. The average molecular weight is 444 g/mol. The van der Waals surface area contributed by atoms with E-state index in [1.807, 2.05) is 0 Å². The second-order valence-corrected chi connectivity index (χ2v) is 7.90. The summed E-state index contributed by atoms with van der Waals surface area (Å²) in [4.78, 5) is 40.6. The molecule has 2 aliphatic rings. The molecular formula is C21H22ClN5O4. The summed E-state index contributed by atoms with van der Waals surface area (Å²) in [6.45, 7) is 2.90. The molecule has 3 amide bonds. The Hall–Kier alpha value is -3.33. The minimum atomic E-state index is -0.425. The van der Waals surface area contributed by atoms with Crippen LogP contribution in [0.25, 0.3) is 0 Å². The van der Waals surface area contributed by atoms with E-state index >= 15 is 0 Å². The molecule has 0 radical (unpaired) electrons. The van der Waals surface area contributed by atoms with Crippen LogP contribution >= 0.6 is 11.6 Å². The molecule has 0 bridgehead atoms. The molecule has 0 unspecified atom stereocenters. The molecule has 9 nitrogen and oxygen atoms in total. The van der Waals surface area contributed by atoms with Crippen LogP contribution in [0.2, 0.25) is 5.02 Å². The number of piperazine rings is 1. The molecule has 0 saturated carbocycles. The molecule has 2 saturated heterocycles. The first-order valence-electron chi connectivity index (χ1n) is 10.1. The van der Waals surface area contributed by atoms with Crippen LogP contribution in [-0.2, 0) is 4.79 Å². The van der Waals surface area contributed by atoms with E-state index in [9.17, 15) is 19.7 Å². The largest absolute Gasteiger partial charge is 0.368 e. The van der Waals surface area contributed by atoms with E-state index in [0.717, 1.165) is 17.8 Å². The molecule has 162 valence electrons. The van der Waals surface area contributed by atoms with Crippen molar-refractivity contribution in [3.63, 3.8) is 0 Å². The molecule has 2 aliphatic heterocycles. The number of hydrogen-bond acceptors (Lipinski definition) is 5. The van der Waals surface area contributed by atoms with Gasteiger partial charge in [0.15, 0.2) is 0 Å². The van der Waals surface area contributed by atoms with Crippen molar-refractivity contribution in [1.82, 2.24) is 4.90 Å². The average Bonchev–Trinajstić information content (AvgIpc) is 3.21. The number of non-ortho nitro benzene ring substituents is 1. The quantitative estimate of drug-likeness (QED) is 0.573. The molecule has 31 heavy (non-hydrogen) atoms. The van der Waals surface area contributed by atoms with E-state index in [0.29, 0.717) is 49.9 Å². The van der Waals surface area contributed by atoms with Crippen LogP contribution in [0.4, 0.5) is 27.5 Å². The van der Waals surface area contributed by atoms with Gasteiger partial charge < -0.3 is 20.0 Å². The third-order valence-corrected chi connectivity index (χ3v) is 5.90. The van der Waals surface area contributed by atoms with Gasteiger partial charge in [-0.05, 0) is 36.8 Å². The standard InChI is InChI=1S/C21H22ClN5O4/c22-18-8-7-17(26-9-1-2-20(26)28)14-19(18)23-21(29)25-12-10-24(11-13-25)15-3-5-16(6-4-15)27(30)31/h3-8,14H,1-2,9-13H2,(H,23,29). The summed E-state index contributed by atoms with van der Waals surface area (Å²) in [7, 11) is 0. The lowest BCUT2D eigenvalue weighted by Crippen LogP contribution is -2.50. The predicted octanol–water partition coefficient (Wildman–Crippen LogP) is 3.73. The molecule has 0 aliphatic carbocycles. The summed E-state index contributed by atoms with van der Waals surface area (Å²) >= 11 is 6.27. The summed E-state index contributed by atoms with van der Waals surface area (Å²) in [5.41, 5.74) is 2.14. The molecule has 10 heteroatoms. The maximum Gasteiger partial charge on any atom is 0.322 e. The van der Waals surface area contributed by atoms with Crippen molar-refractivity contribution in [2.24, 2.45) is 0 Å². The first-order chi connectivity index (χ1) is 14.9. The van der Waals surface area contributed by atoms with Gasteiger partial charge in [-0.25, -0.2) is 4.79 Å². The van der Waals surface area contributed by atoms with Gasteiger partial charge in [-0.3, -0.25) is 14.9 Å². The number of halogens is 1. The number of nitro groups is 1. The van der Waals surface area contributed by atoms with E-state index in [1.54, 1.807) is 40.1 Å². The molecule has 0 atom stereocenters. The van der Waals surface area contributed by atoms with E-state index in [-0.39, 0.29) is 17.6 Å². The number of benzene rings is 2. The summed E-state index contributed by atoms with van der Waals surface area (Å²) in [5, 5.41) is 14.1. The Bertz CT molecular complexity index is 1010. The van der Waals surface area contributed by atoms with Gasteiger partial charge in [-0.15, -0.1) is 0 Å². The number of nitro benzene ring substituents is 1. The molecule has 0 spiro atoms. The van der Waals surface area contributed by atoms with Crippen LogP contribution in [0.3, 0.4) is 0 Å². The number of nitrogens with zero attached hydrogens (tertiary/aromatic N) is 4. The van der Waals surface area contributed by atoms with Crippen LogP contribution in [0.1, 0.15) is 12.8 Å². The number of amides is 3. The fourth-order valence-electron chi connectivity index (χ4n) is 3.85. The van der Waals surface area contributed by atoms with E-state index in [2.05, 4.69) is 10.2 Å². The second-order valence-electron chi connectivity index (χ2n) is 7.49. The Balaban J connectivity index is 1.37. The number of anilines is 3. The zero-order chi connectivity index (χ0) is 22.0. The van der Waals surface area contributed by atoms with Crippen LogP contribution in [0.15, 0.2) is 42.5 Å². The van der Waals surface area contributed by atoms with Crippen LogP contribution in [-0.4, -0.2) is 54.5 Å². The number of nitrogens with one attached hydrogen (secondary N) is 1. The van der Waals surface area contributed by atoms with Crippen molar-refractivity contribution in [1.29, 1.82) is 0 Å². The Morgan fingerprint density at radius 1 is 1.00 bits per heavy atom. The Morgan fingerprint density at radius 3 is 2.29 bits per heavy atom. The summed E-state index contributed by atoms with van der Waals surface area (Å²) in [5.74, 6) is 0.0713. The highest BCUT2D eigenvalue weighted by Gasteiger charge is 2.24. The smallest absolute Gasteiger partial charge is 0.322 e. The van der Waals surface area contributed by atoms with Crippen molar-refractivity contribution in [3.8, 4) is 0 Å². The topological polar surface area (TPSA) is 99.0 Å². The SMILES string of the molecule is O=C(Nc1cc(N2CCCC2=O)ccc1Cl)N1CCN(c2ccc([N+](=O)[O-])cc2)CC1. The highest BCUT2D eigenvalue weighted by Crippen LogP contribution is 2.30. The van der Waals surface area contributed by atoms with Crippen molar-refractivity contribution in [3.05, 3.63) is 57.6 Å². The summed E-state index contributed by atoms with van der Waals surface area (Å²) in [6.07, 6.45) is 1.35. The van der Waals surface area contributed by atoms with E-state index < -0.39 is 4.92 Å². The number of urea groups is 1. The van der Waals surface area contributed by atoms with Gasteiger partial charge in [0.2, 0.25) is 5.91 Å². The highest BCUT2D eigenvalue weighted by molar-refractivity contribution is 6.33. The third-order valence-electron chi connectivity index (χ3n) is 5.57. The van der Waals surface area contributed by atoms with Crippen molar-refractivity contribution in [2.75, 3.05) is 47.8 Å². The summed E-state index contributed by atoms with van der Waals surface area (Å²) in [6, 6.07) is 11.3. The molecular weight excluding hydrogens is 422 g/mol. The van der Waals surface area contributed by atoms with Crippen molar-refractivity contribution in [2.45, 2.75) is 12.8 Å². The molecule has 2 aromatic carbocycles. The van der Waals surface area contributed by atoms with Crippen LogP contribution < -0.4 is 15.1 Å². The molecule has 2 heterocycles. The first kappa shape index (κ1) is 20.9. The monoisotopic (exact) mass is 443 g/mol. The lowest BCUT2D eigenvalue weighted by atomic mass is 10.2. The van der Waals surface area contributed by atoms with Crippen molar-refractivity contribution < 1.29 is 14.5 Å². The minimum absolute atomic E-state index is 0.0523. The van der Waals surface area contributed by atoms with Crippen LogP contribution in [0, 0.1) is 10.1 Å². The fraction of sp³-hybridized carbons (Fsp3) is 0.333. The number of rotatable bonds is 4. The zero-order valence-corrected chi connectivity index (χ0v) is 17.5. The van der Waals surface area contributed by atoms with Gasteiger partial charge in [0, 0.05) is 62.7 Å². The van der Waals surface area contributed by atoms with E-state index in [4.69, 9.17) is 11.6 Å². The number of carbonyl (C=O) groups is 2. The molecule has 2 fully saturated rings. The molecule has 1 N–H and O–H groups in total. The normalized spacial score (nSPS) is 16.5. The number of hydrogen-bond donors (Lipinski definition) is 1. The van der Waals surface area contributed by atoms with Gasteiger partial charge in [0.05, 0.1) is 15.6 Å². The first-order valence-corrected chi connectivity index (χ1v) is 10.5. The van der Waals surface area contributed by atoms with Gasteiger partial charge in [0.1, 0.15) is 0 Å². The van der Waals surface area contributed by atoms with E-state index in [1.165, 1.54) is 12.1 Å². The molecule has 0 aromatic heterocycles. The van der Waals surface area contributed by atoms with Gasteiger partial charge >= 0.3 is 6.03 Å². The molecule has 2 aromatic rings. The lowest BCUT2D eigenvalue weighted by molar-refractivity contribution is -0.384. The minimum Gasteiger partial charge on any atom is -0.368 e. The van der Waals surface area contributed by atoms with Gasteiger partial charge in [0.25, 0.3) is 5.69 Å². The molecule has 4 rings (SSSR count). The zero-order valence-electron chi connectivity index (χ0n) is 16.8. The predicted molar refractivity (Wildman–Crippen MR) is 119 cm³/mol. The van der Waals surface area contributed by atoms with Crippen LogP contribution in [0.5, 0.6) is 0 Å². The highest BCUT2D eigenvalue weighted by atomic mass is 35.5. The lowest BCUT2D eigenvalue weighted by Gasteiger charge is -2.36. The number of carbonyl (C=O) groups excluding carboxylic acids is 2. The Morgan fingerprint density at radius 2 is 1.68 bits per heavy atom. The Labute approximate surface area is 184 Å². The van der Waals surface area contributed by atoms with Crippen molar-refractivity contribution >= 4 is 46.3 Å². The van der Waals surface area contributed by atoms with Gasteiger partial charge in [-0.1, -0.05) is 11.6 Å². The summed E-state index contributed by atoms with van der Waals surface area (Å²) < 4.78 is 0. The Kier molecular flexibility index (Phi) is 5.94.